The topological polar surface area (TPSA) is 47.0 Å². The number of nitrogens with zero attached hydrogens (tertiary/aromatic N) is 2. The van der Waals surface area contributed by atoms with Crippen LogP contribution in [-0.2, 0) is 6.54 Å². The first kappa shape index (κ1) is 13.5. The van der Waals surface area contributed by atoms with Gasteiger partial charge in [0.2, 0.25) is 5.88 Å². The van der Waals surface area contributed by atoms with Crippen molar-refractivity contribution in [3.63, 3.8) is 0 Å². The maximum absolute atomic E-state index is 5.65. The minimum absolute atomic E-state index is 0.518. The summed E-state index contributed by atoms with van der Waals surface area (Å²) in [6, 6.07) is 11.6. The molecule has 0 radical (unpaired) electrons. The van der Waals surface area contributed by atoms with Crippen LogP contribution in [0.25, 0.3) is 0 Å². The predicted molar refractivity (Wildman–Crippen MR) is 75.3 cm³/mol. The van der Waals surface area contributed by atoms with Gasteiger partial charge in [-0.1, -0.05) is 19.1 Å². The first-order chi connectivity index (χ1) is 9.28. The average Bonchev–Trinajstić information content (AvgIpc) is 2.41. The third-order valence-corrected chi connectivity index (χ3v) is 2.64. The van der Waals surface area contributed by atoms with Gasteiger partial charge >= 0.3 is 0 Å². The number of aryl methyl sites for hydroxylation is 1. The van der Waals surface area contributed by atoms with Crippen molar-refractivity contribution in [2.24, 2.45) is 0 Å². The summed E-state index contributed by atoms with van der Waals surface area (Å²) in [7, 11) is 0. The monoisotopic (exact) mass is 257 g/mol. The second kappa shape index (κ2) is 6.85. The van der Waals surface area contributed by atoms with Gasteiger partial charge in [-0.3, -0.25) is 0 Å². The second-order valence-corrected chi connectivity index (χ2v) is 4.46. The zero-order valence-corrected chi connectivity index (χ0v) is 11.4. The fourth-order valence-corrected chi connectivity index (χ4v) is 1.69. The summed E-state index contributed by atoms with van der Waals surface area (Å²) in [6.07, 6.45) is 1.11. The molecule has 1 aromatic heterocycles. The number of ether oxygens (including phenoxy) is 1. The van der Waals surface area contributed by atoms with Crippen LogP contribution in [0.2, 0.25) is 0 Å². The Balaban J connectivity index is 1.95. The van der Waals surface area contributed by atoms with Gasteiger partial charge in [0, 0.05) is 12.6 Å². The van der Waals surface area contributed by atoms with Gasteiger partial charge in [-0.05, 0) is 43.7 Å². The molecule has 2 aromatic rings. The summed E-state index contributed by atoms with van der Waals surface area (Å²) in [5.74, 6) is 1.30. The molecule has 0 aliphatic heterocycles. The van der Waals surface area contributed by atoms with E-state index in [1.54, 1.807) is 0 Å². The Bertz CT molecular complexity index is 511. The number of benzene rings is 1. The van der Waals surface area contributed by atoms with Crippen molar-refractivity contribution in [2.75, 3.05) is 6.54 Å². The third-order valence-electron chi connectivity index (χ3n) is 2.64. The lowest BCUT2D eigenvalue weighted by Crippen LogP contribution is -2.15. The Hall–Kier alpha value is -1.94. The fraction of sp³-hybridized carbons (Fsp3) is 0.333. The number of rotatable bonds is 6. The lowest BCUT2D eigenvalue weighted by molar-refractivity contribution is 0.453. The summed E-state index contributed by atoms with van der Waals surface area (Å²) < 4.78 is 5.65. The van der Waals surface area contributed by atoms with Crippen molar-refractivity contribution >= 4 is 0 Å². The van der Waals surface area contributed by atoms with Crippen molar-refractivity contribution in [1.82, 2.24) is 15.5 Å². The molecule has 0 saturated heterocycles. The van der Waals surface area contributed by atoms with Crippen LogP contribution in [0.15, 0.2) is 36.4 Å². The molecule has 1 heterocycles. The highest BCUT2D eigenvalue weighted by molar-refractivity contribution is 5.30. The molecule has 0 aliphatic carbocycles. The molecule has 0 unspecified atom stereocenters. The molecule has 0 bridgehead atoms. The van der Waals surface area contributed by atoms with Crippen LogP contribution >= 0.6 is 0 Å². The SMILES string of the molecule is CCCNCc1ccc(Oc2cccc(C)c2)nn1. The van der Waals surface area contributed by atoms with Gasteiger partial charge in [0.1, 0.15) is 5.75 Å². The lowest BCUT2D eigenvalue weighted by atomic mass is 10.2. The molecule has 4 nitrogen and oxygen atoms in total. The van der Waals surface area contributed by atoms with Gasteiger partial charge in [0.05, 0.1) is 5.69 Å². The van der Waals surface area contributed by atoms with E-state index < -0.39 is 0 Å². The maximum atomic E-state index is 5.65. The van der Waals surface area contributed by atoms with Crippen molar-refractivity contribution in [3.05, 3.63) is 47.7 Å². The quantitative estimate of drug-likeness (QED) is 0.808. The minimum Gasteiger partial charge on any atom is -0.438 e. The van der Waals surface area contributed by atoms with E-state index in [0.29, 0.717) is 5.88 Å². The molecular formula is C15H19N3O. The maximum Gasteiger partial charge on any atom is 0.238 e. The van der Waals surface area contributed by atoms with Crippen molar-refractivity contribution < 1.29 is 4.74 Å². The van der Waals surface area contributed by atoms with Crippen LogP contribution < -0.4 is 10.1 Å². The van der Waals surface area contributed by atoms with E-state index in [2.05, 4.69) is 22.4 Å². The molecule has 4 heteroatoms. The van der Waals surface area contributed by atoms with Gasteiger partial charge in [-0.25, -0.2) is 0 Å². The first-order valence-electron chi connectivity index (χ1n) is 6.56. The van der Waals surface area contributed by atoms with E-state index in [0.717, 1.165) is 36.5 Å². The van der Waals surface area contributed by atoms with Crippen LogP contribution in [-0.4, -0.2) is 16.7 Å². The number of nitrogens with one attached hydrogen (secondary N) is 1. The van der Waals surface area contributed by atoms with Crippen molar-refractivity contribution in [1.29, 1.82) is 0 Å². The summed E-state index contributed by atoms with van der Waals surface area (Å²) in [5, 5.41) is 11.5. The lowest BCUT2D eigenvalue weighted by Gasteiger charge is -2.06. The molecule has 19 heavy (non-hydrogen) atoms. The molecule has 0 spiro atoms. The van der Waals surface area contributed by atoms with Gasteiger partial charge in [-0.2, -0.15) is 5.10 Å². The Labute approximate surface area is 113 Å². The second-order valence-electron chi connectivity index (χ2n) is 4.46. The first-order valence-corrected chi connectivity index (χ1v) is 6.56. The Morgan fingerprint density at radius 2 is 2.05 bits per heavy atom. The number of aromatic nitrogens is 2. The van der Waals surface area contributed by atoms with E-state index in [9.17, 15) is 0 Å². The van der Waals surface area contributed by atoms with Crippen molar-refractivity contribution in [3.8, 4) is 11.6 Å². The largest absolute Gasteiger partial charge is 0.438 e. The normalized spacial score (nSPS) is 10.4. The van der Waals surface area contributed by atoms with E-state index >= 15 is 0 Å². The van der Waals surface area contributed by atoms with E-state index in [-0.39, 0.29) is 0 Å². The van der Waals surface area contributed by atoms with E-state index in [1.807, 2.05) is 43.3 Å². The van der Waals surface area contributed by atoms with Gasteiger partial charge in [0.25, 0.3) is 0 Å². The third kappa shape index (κ3) is 4.34. The molecule has 1 aromatic carbocycles. The van der Waals surface area contributed by atoms with Crippen molar-refractivity contribution in [2.45, 2.75) is 26.8 Å². The molecule has 0 atom stereocenters. The predicted octanol–water partition coefficient (Wildman–Crippen LogP) is 3.08. The zero-order valence-electron chi connectivity index (χ0n) is 11.4. The van der Waals surface area contributed by atoms with Crippen LogP contribution in [0.1, 0.15) is 24.6 Å². The smallest absolute Gasteiger partial charge is 0.238 e. The Morgan fingerprint density at radius 1 is 1.16 bits per heavy atom. The molecule has 0 amide bonds. The van der Waals surface area contributed by atoms with Crippen LogP contribution in [0.5, 0.6) is 11.6 Å². The molecule has 1 N–H and O–H groups in total. The highest BCUT2D eigenvalue weighted by atomic mass is 16.5. The molecule has 2 rings (SSSR count). The van der Waals surface area contributed by atoms with Gasteiger partial charge < -0.3 is 10.1 Å². The molecular weight excluding hydrogens is 238 g/mol. The molecule has 0 saturated carbocycles. The molecule has 100 valence electrons. The minimum atomic E-state index is 0.518. The zero-order chi connectivity index (χ0) is 13.5. The number of hydrogen-bond acceptors (Lipinski definition) is 4. The summed E-state index contributed by atoms with van der Waals surface area (Å²) in [5.41, 5.74) is 2.08. The summed E-state index contributed by atoms with van der Waals surface area (Å²) >= 11 is 0. The van der Waals surface area contributed by atoms with E-state index in [1.165, 1.54) is 0 Å². The number of hydrogen-bond donors (Lipinski definition) is 1. The van der Waals surface area contributed by atoms with Gasteiger partial charge in [-0.15, -0.1) is 5.10 Å². The van der Waals surface area contributed by atoms with Crippen LogP contribution in [0.4, 0.5) is 0 Å². The Morgan fingerprint density at radius 3 is 2.74 bits per heavy atom. The van der Waals surface area contributed by atoms with Crippen LogP contribution in [0, 0.1) is 6.92 Å². The summed E-state index contributed by atoms with van der Waals surface area (Å²) in [4.78, 5) is 0. The molecule has 0 fully saturated rings. The fourth-order valence-electron chi connectivity index (χ4n) is 1.69. The average molecular weight is 257 g/mol. The highest BCUT2D eigenvalue weighted by Gasteiger charge is 2.00. The molecule has 0 aliphatic rings. The summed E-state index contributed by atoms with van der Waals surface area (Å²) in [6.45, 7) is 5.90. The van der Waals surface area contributed by atoms with Crippen LogP contribution in [0.3, 0.4) is 0 Å². The highest BCUT2D eigenvalue weighted by Crippen LogP contribution is 2.19. The standard InChI is InChI=1S/C15H19N3O/c1-3-9-16-11-13-7-8-15(18-17-13)19-14-6-4-5-12(2)10-14/h4-8,10,16H,3,9,11H2,1-2H3. The van der Waals surface area contributed by atoms with Gasteiger partial charge in [0.15, 0.2) is 0 Å². The van der Waals surface area contributed by atoms with E-state index in [4.69, 9.17) is 4.74 Å². The Kier molecular flexibility index (Phi) is 4.86.